The Labute approximate surface area is 107 Å². The first-order valence-corrected chi connectivity index (χ1v) is 8.20. The molecule has 102 valence electrons. The second-order valence-electron chi connectivity index (χ2n) is 4.95. The van der Waals surface area contributed by atoms with Crippen molar-refractivity contribution in [3.8, 4) is 0 Å². The van der Waals surface area contributed by atoms with Gasteiger partial charge < -0.3 is 9.42 Å². The summed E-state index contributed by atoms with van der Waals surface area (Å²) in [7, 11) is -2.89. The van der Waals surface area contributed by atoms with Gasteiger partial charge in [0.25, 0.3) is 0 Å². The van der Waals surface area contributed by atoms with Crippen LogP contribution in [-0.2, 0) is 9.84 Å². The molecule has 2 heterocycles. The van der Waals surface area contributed by atoms with Crippen LogP contribution in [0.3, 0.4) is 0 Å². The zero-order valence-corrected chi connectivity index (χ0v) is 11.6. The van der Waals surface area contributed by atoms with Crippen LogP contribution in [0, 0.1) is 6.92 Å². The van der Waals surface area contributed by atoms with E-state index in [1.54, 1.807) is 6.92 Å². The Balaban J connectivity index is 1.92. The number of hydrogen-bond donors (Lipinski definition) is 0. The molecule has 0 saturated carbocycles. The summed E-state index contributed by atoms with van der Waals surface area (Å²) in [4.78, 5) is 6.42. The fourth-order valence-electron chi connectivity index (χ4n) is 2.23. The Morgan fingerprint density at radius 2 is 2.28 bits per heavy atom. The van der Waals surface area contributed by atoms with Gasteiger partial charge in [-0.2, -0.15) is 4.98 Å². The third-order valence-corrected chi connectivity index (χ3v) is 4.10. The second-order valence-corrected chi connectivity index (χ2v) is 7.21. The lowest BCUT2D eigenvalue weighted by atomic mass is 9.98. The maximum Gasteiger partial charge on any atom is 0.231 e. The van der Waals surface area contributed by atoms with E-state index >= 15 is 0 Å². The predicted octanol–water partition coefficient (Wildman–Crippen LogP) is 0.602. The first-order valence-electron chi connectivity index (χ1n) is 6.14. The smallest absolute Gasteiger partial charge is 0.231 e. The van der Waals surface area contributed by atoms with Crippen LogP contribution in [0.25, 0.3) is 0 Å². The van der Waals surface area contributed by atoms with Gasteiger partial charge in [-0.15, -0.1) is 0 Å². The minimum absolute atomic E-state index is 0.211. The molecule has 1 aromatic heterocycles. The van der Waals surface area contributed by atoms with Crippen LogP contribution >= 0.6 is 0 Å². The number of aromatic nitrogens is 2. The van der Waals surface area contributed by atoms with Gasteiger partial charge in [-0.05, 0) is 26.3 Å². The van der Waals surface area contributed by atoms with Gasteiger partial charge in [-0.3, -0.25) is 0 Å². The Hall–Kier alpha value is -0.950. The van der Waals surface area contributed by atoms with Crippen molar-refractivity contribution in [1.29, 1.82) is 0 Å². The Kier molecular flexibility index (Phi) is 4.01. The zero-order chi connectivity index (χ0) is 13.2. The molecule has 0 unspecified atom stereocenters. The van der Waals surface area contributed by atoms with E-state index in [4.69, 9.17) is 4.52 Å². The molecule has 1 fully saturated rings. The number of aryl methyl sites for hydroxylation is 1. The number of piperidine rings is 1. The zero-order valence-electron chi connectivity index (χ0n) is 10.8. The lowest BCUT2D eigenvalue weighted by Crippen LogP contribution is -2.37. The van der Waals surface area contributed by atoms with Gasteiger partial charge in [0.15, 0.2) is 5.82 Å². The third kappa shape index (κ3) is 3.78. The monoisotopic (exact) mass is 273 g/mol. The summed E-state index contributed by atoms with van der Waals surface area (Å²) in [6.45, 7) is 4.13. The van der Waals surface area contributed by atoms with Gasteiger partial charge in [-0.1, -0.05) is 5.16 Å². The molecule has 18 heavy (non-hydrogen) atoms. The minimum atomic E-state index is -2.89. The molecule has 7 heteroatoms. The van der Waals surface area contributed by atoms with Crippen molar-refractivity contribution in [3.05, 3.63) is 11.7 Å². The number of hydrogen-bond acceptors (Lipinski definition) is 6. The normalized spacial score (nSPS) is 22.2. The summed E-state index contributed by atoms with van der Waals surface area (Å²) in [6, 6.07) is 0. The topological polar surface area (TPSA) is 76.3 Å². The molecule has 0 N–H and O–H groups in total. The number of rotatable bonds is 4. The highest BCUT2D eigenvalue weighted by atomic mass is 32.2. The summed E-state index contributed by atoms with van der Waals surface area (Å²) in [5, 5.41) is 3.80. The SMILES string of the molecule is Cc1noc([C@@H]2CCCN(CCS(C)(=O)=O)C2)n1. The van der Waals surface area contributed by atoms with E-state index in [2.05, 4.69) is 15.0 Å². The van der Waals surface area contributed by atoms with Crippen molar-refractivity contribution < 1.29 is 12.9 Å². The average Bonchev–Trinajstić information content (AvgIpc) is 2.73. The molecule has 0 spiro atoms. The Morgan fingerprint density at radius 1 is 1.50 bits per heavy atom. The average molecular weight is 273 g/mol. The quantitative estimate of drug-likeness (QED) is 0.799. The molecule has 1 aliphatic rings. The van der Waals surface area contributed by atoms with Gasteiger partial charge in [0.1, 0.15) is 9.84 Å². The highest BCUT2D eigenvalue weighted by molar-refractivity contribution is 7.90. The Morgan fingerprint density at radius 3 is 2.89 bits per heavy atom. The standard InChI is InChI=1S/C11H19N3O3S/c1-9-12-11(17-13-9)10-4-3-5-14(8-10)6-7-18(2,15)16/h10H,3-8H2,1-2H3/t10-/m1/s1. The molecule has 1 saturated heterocycles. The first-order chi connectivity index (χ1) is 8.44. The molecule has 0 aliphatic carbocycles. The summed E-state index contributed by atoms with van der Waals surface area (Å²) in [6.07, 6.45) is 3.34. The molecule has 0 amide bonds. The van der Waals surface area contributed by atoms with E-state index in [0.29, 0.717) is 18.3 Å². The molecular weight excluding hydrogens is 254 g/mol. The molecule has 1 atom stereocenters. The lowest BCUT2D eigenvalue weighted by molar-refractivity contribution is 0.195. The first kappa shape index (κ1) is 13.5. The largest absolute Gasteiger partial charge is 0.339 e. The van der Waals surface area contributed by atoms with Crippen LogP contribution < -0.4 is 0 Å². The van der Waals surface area contributed by atoms with Crippen molar-refractivity contribution in [1.82, 2.24) is 15.0 Å². The van der Waals surface area contributed by atoms with Gasteiger partial charge in [0.05, 0.1) is 11.7 Å². The van der Waals surface area contributed by atoms with Gasteiger partial charge in [-0.25, -0.2) is 8.42 Å². The summed E-state index contributed by atoms with van der Waals surface area (Å²) in [5.74, 6) is 1.78. The summed E-state index contributed by atoms with van der Waals surface area (Å²) in [5.41, 5.74) is 0. The highest BCUT2D eigenvalue weighted by Crippen LogP contribution is 2.25. The molecule has 0 aromatic carbocycles. The molecule has 1 aliphatic heterocycles. The van der Waals surface area contributed by atoms with E-state index in [1.165, 1.54) is 6.26 Å². The third-order valence-electron chi connectivity index (χ3n) is 3.18. The molecular formula is C11H19N3O3S. The number of nitrogens with zero attached hydrogens (tertiary/aromatic N) is 3. The van der Waals surface area contributed by atoms with E-state index in [9.17, 15) is 8.42 Å². The van der Waals surface area contributed by atoms with E-state index < -0.39 is 9.84 Å². The van der Waals surface area contributed by atoms with Crippen LogP contribution in [-0.4, -0.2) is 55.1 Å². The molecule has 2 rings (SSSR count). The fraction of sp³-hybridized carbons (Fsp3) is 0.818. The maximum absolute atomic E-state index is 11.2. The van der Waals surface area contributed by atoms with Crippen molar-refractivity contribution >= 4 is 9.84 Å². The molecule has 0 radical (unpaired) electrons. The minimum Gasteiger partial charge on any atom is -0.339 e. The summed E-state index contributed by atoms with van der Waals surface area (Å²) >= 11 is 0. The van der Waals surface area contributed by atoms with Crippen molar-refractivity contribution in [3.63, 3.8) is 0 Å². The number of likely N-dealkylation sites (tertiary alicyclic amines) is 1. The number of sulfone groups is 1. The highest BCUT2D eigenvalue weighted by Gasteiger charge is 2.25. The van der Waals surface area contributed by atoms with Gasteiger partial charge in [0.2, 0.25) is 5.89 Å². The molecule has 6 nitrogen and oxygen atoms in total. The van der Waals surface area contributed by atoms with Crippen LogP contribution in [0.15, 0.2) is 4.52 Å². The van der Waals surface area contributed by atoms with Crippen LogP contribution in [0.4, 0.5) is 0 Å². The Bertz CT molecular complexity index is 497. The summed E-state index contributed by atoms with van der Waals surface area (Å²) < 4.78 is 27.5. The van der Waals surface area contributed by atoms with Crippen molar-refractivity contribution in [2.45, 2.75) is 25.7 Å². The van der Waals surface area contributed by atoms with E-state index in [1.807, 2.05) is 0 Å². The van der Waals surface area contributed by atoms with Crippen LogP contribution in [0.5, 0.6) is 0 Å². The van der Waals surface area contributed by atoms with Crippen LogP contribution in [0.1, 0.15) is 30.5 Å². The van der Waals surface area contributed by atoms with Crippen molar-refractivity contribution in [2.75, 3.05) is 31.6 Å². The fourth-order valence-corrected chi connectivity index (χ4v) is 2.82. The van der Waals surface area contributed by atoms with Crippen molar-refractivity contribution in [2.24, 2.45) is 0 Å². The molecule has 0 bridgehead atoms. The van der Waals surface area contributed by atoms with E-state index in [0.717, 1.165) is 25.9 Å². The van der Waals surface area contributed by atoms with Gasteiger partial charge in [0, 0.05) is 19.3 Å². The maximum atomic E-state index is 11.2. The predicted molar refractivity (Wildman–Crippen MR) is 67.2 cm³/mol. The lowest BCUT2D eigenvalue weighted by Gasteiger charge is -2.30. The molecule has 1 aromatic rings. The van der Waals surface area contributed by atoms with Gasteiger partial charge >= 0.3 is 0 Å². The van der Waals surface area contributed by atoms with E-state index in [-0.39, 0.29) is 11.7 Å². The second kappa shape index (κ2) is 5.36. The van der Waals surface area contributed by atoms with Crippen LogP contribution in [0.2, 0.25) is 0 Å².